The van der Waals surface area contributed by atoms with Crippen molar-refractivity contribution in [2.75, 3.05) is 0 Å². The summed E-state index contributed by atoms with van der Waals surface area (Å²) in [5, 5.41) is 13.4. The molecule has 0 aromatic heterocycles. The van der Waals surface area contributed by atoms with E-state index in [-0.39, 0.29) is 28.9 Å². The third-order valence-electron chi connectivity index (χ3n) is 4.38. The molecular formula is C13H17NO3S. The number of hydrogen-bond acceptors (Lipinski definition) is 4. The van der Waals surface area contributed by atoms with Crippen molar-refractivity contribution in [2.24, 2.45) is 11.8 Å². The average molecular weight is 267 g/mol. The van der Waals surface area contributed by atoms with E-state index in [4.69, 9.17) is 0 Å². The van der Waals surface area contributed by atoms with E-state index in [1.54, 1.807) is 0 Å². The number of β-lactam (4-membered cyclic amide) rings is 1. The summed E-state index contributed by atoms with van der Waals surface area (Å²) in [6, 6.07) is -0.201. The summed E-state index contributed by atoms with van der Waals surface area (Å²) < 4.78 is -0.928. The molecule has 98 valence electrons. The van der Waals surface area contributed by atoms with Crippen LogP contribution >= 0.6 is 11.8 Å². The van der Waals surface area contributed by atoms with Gasteiger partial charge in [-0.15, -0.1) is 0 Å². The molecule has 5 atom stereocenters. The Morgan fingerprint density at radius 2 is 2.33 bits per heavy atom. The minimum absolute atomic E-state index is 0.00194. The molecular weight excluding hydrogens is 250 g/mol. The van der Waals surface area contributed by atoms with E-state index >= 15 is 0 Å². The Hall–Kier alpha value is -0.810. The van der Waals surface area contributed by atoms with Crippen LogP contribution in [0.15, 0.2) is 12.2 Å². The van der Waals surface area contributed by atoms with Crippen LogP contribution < -0.4 is 5.32 Å². The number of rotatable bonds is 2. The lowest BCUT2D eigenvalue weighted by Gasteiger charge is -2.48. The number of thioether (sulfide) groups is 1. The second-order valence-corrected chi connectivity index (χ2v) is 6.70. The first-order valence-corrected chi connectivity index (χ1v) is 7.27. The van der Waals surface area contributed by atoms with Crippen molar-refractivity contribution in [3.8, 4) is 0 Å². The molecule has 0 aromatic carbocycles. The van der Waals surface area contributed by atoms with Crippen molar-refractivity contribution in [1.29, 1.82) is 0 Å². The van der Waals surface area contributed by atoms with E-state index in [0.29, 0.717) is 0 Å². The molecule has 4 nitrogen and oxygen atoms in total. The number of allylic oxidation sites excluding steroid dienone is 1. The van der Waals surface area contributed by atoms with Crippen molar-refractivity contribution in [1.82, 2.24) is 5.32 Å². The highest BCUT2D eigenvalue weighted by atomic mass is 32.2. The van der Waals surface area contributed by atoms with Gasteiger partial charge >= 0.3 is 0 Å². The maximum absolute atomic E-state index is 11.9. The molecule has 5 heteroatoms. The third-order valence-corrected chi connectivity index (χ3v) is 5.97. The lowest BCUT2D eigenvalue weighted by molar-refractivity contribution is -0.139. The minimum Gasteiger partial charge on any atom is -0.390 e. The van der Waals surface area contributed by atoms with Crippen molar-refractivity contribution in [3.05, 3.63) is 12.2 Å². The number of hydrogen-bond donors (Lipinski definition) is 2. The van der Waals surface area contributed by atoms with Gasteiger partial charge in [0.05, 0.1) is 12.1 Å². The van der Waals surface area contributed by atoms with Crippen LogP contribution in [0.5, 0.6) is 0 Å². The monoisotopic (exact) mass is 267 g/mol. The van der Waals surface area contributed by atoms with Crippen LogP contribution in [-0.4, -0.2) is 33.0 Å². The van der Waals surface area contributed by atoms with Gasteiger partial charge in [0.15, 0.2) is 5.12 Å². The molecule has 0 radical (unpaired) electrons. The lowest BCUT2D eigenvalue weighted by Crippen LogP contribution is -2.75. The topological polar surface area (TPSA) is 66.4 Å². The second-order valence-electron chi connectivity index (χ2n) is 5.42. The van der Waals surface area contributed by atoms with Gasteiger partial charge in [0.2, 0.25) is 5.91 Å². The molecule has 18 heavy (non-hydrogen) atoms. The highest BCUT2D eigenvalue weighted by Crippen LogP contribution is 2.52. The molecule has 1 aliphatic carbocycles. The zero-order valence-corrected chi connectivity index (χ0v) is 11.1. The fourth-order valence-corrected chi connectivity index (χ4v) is 4.72. The molecule has 0 aromatic rings. The summed E-state index contributed by atoms with van der Waals surface area (Å²) in [5.74, 6) is -0.380. The quantitative estimate of drug-likeness (QED) is 0.575. The van der Waals surface area contributed by atoms with E-state index in [1.807, 2.05) is 13.0 Å². The maximum atomic E-state index is 11.9. The Kier molecular flexibility index (Phi) is 2.79. The van der Waals surface area contributed by atoms with Crippen LogP contribution in [0, 0.1) is 11.8 Å². The first-order valence-electron chi connectivity index (χ1n) is 6.46. The minimum atomic E-state index is -0.928. The van der Waals surface area contributed by atoms with Crippen molar-refractivity contribution in [2.45, 2.75) is 43.1 Å². The van der Waals surface area contributed by atoms with Crippen molar-refractivity contribution in [3.63, 3.8) is 0 Å². The first kappa shape index (κ1) is 12.2. The maximum Gasteiger partial charge on any atom is 0.241 e. The SMILES string of the molecule is CC1C(=O)S[C@@]2([C@@H](O)C3C=CCCC3)C(=O)N[C@@H]12. The highest BCUT2D eigenvalue weighted by molar-refractivity contribution is 8.16. The molecule has 2 saturated heterocycles. The molecule has 3 rings (SSSR count). The first-order chi connectivity index (χ1) is 8.57. The lowest BCUT2D eigenvalue weighted by atomic mass is 9.73. The predicted molar refractivity (Wildman–Crippen MR) is 68.9 cm³/mol. The van der Waals surface area contributed by atoms with Crippen LogP contribution in [0.1, 0.15) is 26.2 Å². The van der Waals surface area contributed by atoms with Gasteiger partial charge in [-0.1, -0.05) is 30.8 Å². The summed E-state index contributed by atoms with van der Waals surface area (Å²) >= 11 is 1.05. The van der Waals surface area contributed by atoms with E-state index in [0.717, 1.165) is 31.0 Å². The number of aliphatic hydroxyl groups is 1. The van der Waals surface area contributed by atoms with Gasteiger partial charge in [-0.3, -0.25) is 9.59 Å². The second kappa shape index (κ2) is 4.10. The Bertz CT molecular complexity index is 436. The summed E-state index contributed by atoms with van der Waals surface area (Å²) in [6.07, 6.45) is 6.27. The molecule has 2 heterocycles. The van der Waals surface area contributed by atoms with E-state index in [2.05, 4.69) is 11.4 Å². The Morgan fingerprint density at radius 1 is 1.56 bits per heavy atom. The number of aliphatic hydroxyl groups excluding tert-OH is 1. The molecule has 0 saturated carbocycles. The summed E-state index contributed by atoms with van der Waals surface area (Å²) in [7, 11) is 0. The third kappa shape index (κ3) is 1.43. The van der Waals surface area contributed by atoms with E-state index in [1.165, 1.54) is 0 Å². The van der Waals surface area contributed by atoms with Gasteiger partial charge in [0, 0.05) is 11.8 Å². The van der Waals surface area contributed by atoms with Crippen LogP contribution in [-0.2, 0) is 9.59 Å². The number of amides is 1. The van der Waals surface area contributed by atoms with Gasteiger partial charge in [0.25, 0.3) is 0 Å². The van der Waals surface area contributed by atoms with Crippen LogP contribution in [0.3, 0.4) is 0 Å². The van der Waals surface area contributed by atoms with Gasteiger partial charge in [-0.05, 0) is 19.3 Å². The standard InChI is InChI=1S/C13H17NO3S/c1-7-9-13(12(17)14-9,18-11(7)16)10(15)8-5-3-2-4-6-8/h3,5,7-10,15H,2,4,6H2,1H3,(H,14,17)/t7?,8?,9-,10-,13-/m0/s1. The molecule has 2 unspecified atom stereocenters. The smallest absolute Gasteiger partial charge is 0.241 e. The van der Waals surface area contributed by atoms with Gasteiger partial charge < -0.3 is 10.4 Å². The predicted octanol–water partition coefficient (Wildman–Crippen LogP) is 0.850. The highest BCUT2D eigenvalue weighted by Gasteiger charge is 2.69. The van der Waals surface area contributed by atoms with E-state index < -0.39 is 10.9 Å². The Labute approximate surface area is 110 Å². The summed E-state index contributed by atoms with van der Waals surface area (Å²) in [4.78, 5) is 23.8. The van der Waals surface area contributed by atoms with Crippen LogP contribution in [0.4, 0.5) is 0 Å². The van der Waals surface area contributed by atoms with E-state index in [9.17, 15) is 14.7 Å². The van der Waals surface area contributed by atoms with Gasteiger partial charge in [-0.25, -0.2) is 0 Å². The molecule has 0 spiro atoms. The fraction of sp³-hybridized carbons (Fsp3) is 0.692. The van der Waals surface area contributed by atoms with Gasteiger partial charge in [-0.2, -0.15) is 0 Å². The fourth-order valence-electron chi connectivity index (χ4n) is 3.22. The van der Waals surface area contributed by atoms with Crippen LogP contribution in [0.25, 0.3) is 0 Å². The average Bonchev–Trinajstić information content (AvgIpc) is 2.60. The number of carbonyl (C=O) groups excluding carboxylic acids is 2. The summed E-state index contributed by atoms with van der Waals surface area (Å²) in [6.45, 7) is 1.82. The van der Waals surface area contributed by atoms with Gasteiger partial charge in [0.1, 0.15) is 4.75 Å². The molecule has 2 fully saturated rings. The number of nitrogens with one attached hydrogen (secondary N) is 1. The molecule has 0 bridgehead atoms. The Morgan fingerprint density at radius 3 is 2.89 bits per heavy atom. The number of fused-ring (bicyclic) bond motifs is 1. The largest absolute Gasteiger partial charge is 0.390 e. The number of carbonyl (C=O) groups is 2. The van der Waals surface area contributed by atoms with Crippen molar-refractivity contribution >= 4 is 22.8 Å². The van der Waals surface area contributed by atoms with Crippen molar-refractivity contribution < 1.29 is 14.7 Å². The zero-order valence-electron chi connectivity index (χ0n) is 10.3. The molecule has 2 N–H and O–H groups in total. The summed E-state index contributed by atoms with van der Waals surface area (Å²) in [5.41, 5.74) is 0. The van der Waals surface area contributed by atoms with Crippen LogP contribution in [0.2, 0.25) is 0 Å². The molecule has 1 amide bonds. The molecule has 3 aliphatic rings. The normalized spacial score (nSPS) is 44.2. The molecule has 2 aliphatic heterocycles. The Balaban J connectivity index is 1.89. The zero-order chi connectivity index (χ0) is 12.9.